The highest BCUT2D eigenvalue weighted by atomic mass is 16.5. The van der Waals surface area contributed by atoms with Crippen LogP contribution >= 0.6 is 0 Å². The third-order valence-electron chi connectivity index (χ3n) is 3.52. The maximum absolute atomic E-state index is 12.0. The molecular weight excluding hydrogens is 268 g/mol. The highest BCUT2D eigenvalue weighted by Gasteiger charge is 2.31. The van der Waals surface area contributed by atoms with Gasteiger partial charge in [0.1, 0.15) is 5.60 Å². The average Bonchev–Trinajstić information content (AvgIpc) is 2.82. The highest BCUT2D eigenvalue weighted by Crippen LogP contribution is 2.28. The molecule has 21 heavy (non-hydrogen) atoms. The van der Waals surface area contributed by atoms with E-state index in [9.17, 15) is 9.90 Å². The summed E-state index contributed by atoms with van der Waals surface area (Å²) < 4.78 is 5.61. The molecule has 0 aliphatic heterocycles. The molecule has 0 bridgehead atoms. The zero-order valence-corrected chi connectivity index (χ0v) is 13.0. The summed E-state index contributed by atoms with van der Waals surface area (Å²) in [5.74, 6) is 0.276. The highest BCUT2D eigenvalue weighted by molar-refractivity contribution is 5.93. The van der Waals surface area contributed by atoms with Crippen molar-refractivity contribution in [3.63, 3.8) is 0 Å². The van der Waals surface area contributed by atoms with Gasteiger partial charge in [0.05, 0.1) is 11.2 Å². The van der Waals surface area contributed by atoms with E-state index in [2.05, 4.69) is 10.3 Å². The summed E-state index contributed by atoms with van der Waals surface area (Å²) in [7, 11) is 0. The first kappa shape index (κ1) is 15.8. The number of amides is 1. The number of aromatic nitrogens is 1. The lowest BCUT2D eigenvalue weighted by Gasteiger charge is -2.22. The van der Waals surface area contributed by atoms with Crippen LogP contribution in [0.5, 0.6) is 5.88 Å². The van der Waals surface area contributed by atoms with E-state index in [0.717, 1.165) is 25.7 Å². The van der Waals surface area contributed by atoms with Gasteiger partial charge in [-0.05, 0) is 39.7 Å². The Balaban J connectivity index is 1.90. The Morgan fingerprint density at radius 1 is 1.38 bits per heavy atom. The van der Waals surface area contributed by atoms with E-state index in [-0.39, 0.29) is 11.5 Å². The predicted molar refractivity (Wildman–Crippen MR) is 80.4 cm³/mol. The number of carbonyl (C=O) groups is 1. The molecule has 1 heterocycles. The van der Waals surface area contributed by atoms with Crippen molar-refractivity contribution < 1.29 is 14.6 Å². The molecule has 2 rings (SSSR count). The first-order valence-corrected chi connectivity index (χ1v) is 7.43. The normalized spacial score (nSPS) is 17.5. The topological polar surface area (TPSA) is 71.5 Å². The Labute approximate surface area is 125 Å². The second-order valence-electron chi connectivity index (χ2n) is 6.71. The van der Waals surface area contributed by atoms with Crippen LogP contribution in [0.4, 0.5) is 0 Å². The molecule has 5 nitrogen and oxygen atoms in total. The SMILES string of the molecule is CC(C)(C)Oc1ccc(C(=O)NCC2(O)CCCC2)cn1. The summed E-state index contributed by atoms with van der Waals surface area (Å²) in [6, 6.07) is 3.37. The van der Waals surface area contributed by atoms with E-state index in [4.69, 9.17) is 4.74 Å². The van der Waals surface area contributed by atoms with Gasteiger partial charge in [-0.25, -0.2) is 4.98 Å². The molecule has 0 saturated heterocycles. The van der Waals surface area contributed by atoms with Gasteiger partial charge in [0, 0.05) is 18.8 Å². The van der Waals surface area contributed by atoms with Crippen LogP contribution in [0.25, 0.3) is 0 Å². The van der Waals surface area contributed by atoms with Crippen molar-refractivity contribution in [1.82, 2.24) is 10.3 Å². The van der Waals surface area contributed by atoms with Crippen molar-refractivity contribution in [2.45, 2.75) is 57.7 Å². The Bertz CT molecular complexity index is 485. The number of aliphatic hydroxyl groups is 1. The van der Waals surface area contributed by atoms with Crippen LogP contribution in [-0.2, 0) is 0 Å². The molecule has 1 aromatic heterocycles. The van der Waals surface area contributed by atoms with Crippen molar-refractivity contribution in [2.24, 2.45) is 0 Å². The number of ether oxygens (including phenoxy) is 1. The zero-order valence-electron chi connectivity index (χ0n) is 13.0. The molecule has 0 spiro atoms. The molecule has 1 aromatic rings. The fourth-order valence-electron chi connectivity index (χ4n) is 2.45. The molecular formula is C16H24N2O3. The quantitative estimate of drug-likeness (QED) is 0.893. The number of nitrogens with one attached hydrogen (secondary N) is 1. The lowest BCUT2D eigenvalue weighted by molar-refractivity contribution is 0.0449. The molecule has 116 valence electrons. The van der Waals surface area contributed by atoms with Gasteiger partial charge in [0.25, 0.3) is 5.91 Å². The summed E-state index contributed by atoms with van der Waals surface area (Å²) >= 11 is 0. The molecule has 0 radical (unpaired) electrons. The summed E-state index contributed by atoms with van der Waals surface area (Å²) in [5.41, 5.74) is -0.584. The monoisotopic (exact) mass is 292 g/mol. The summed E-state index contributed by atoms with van der Waals surface area (Å²) in [4.78, 5) is 16.2. The maximum Gasteiger partial charge on any atom is 0.252 e. The van der Waals surface area contributed by atoms with Crippen LogP contribution in [0.2, 0.25) is 0 Å². The van der Waals surface area contributed by atoms with Crippen molar-refractivity contribution in [1.29, 1.82) is 0 Å². The van der Waals surface area contributed by atoms with Crippen LogP contribution in [0.1, 0.15) is 56.8 Å². The maximum atomic E-state index is 12.0. The molecule has 1 aliphatic rings. The molecule has 5 heteroatoms. The van der Waals surface area contributed by atoms with Gasteiger partial charge in [0.2, 0.25) is 5.88 Å². The van der Waals surface area contributed by atoms with E-state index in [0.29, 0.717) is 18.0 Å². The molecule has 0 atom stereocenters. The van der Waals surface area contributed by atoms with Gasteiger partial charge in [-0.2, -0.15) is 0 Å². The van der Waals surface area contributed by atoms with Crippen LogP contribution < -0.4 is 10.1 Å². The number of rotatable bonds is 4. The lowest BCUT2D eigenvalue weighted by atomic mass is 10.0. The summed E-state index contributed by atoms with van der Waals surface area (Å²) in [6.45, 7) is 6.12. The Hall–Kier alpha value is -1.62. The van der Waals surface area contributed by atoms with Crippen molar-refractivity contribution >= 4 is 5.91 Å². The molecule has 0 unspecified atom stereocenters. The molecule has 0 aromatic carbocycles. The fraction of sp³-hybridized carbons (Fsp3) is 0.625. The van der Waals surface area contributed by atoms with Crippen LogP contribution in [-0.4, -0.2) is 33.7 Å². The van der Waals surface area contributed by atoms with Crippen LogP contribution in [0.15, 0.2) is 18.3 Å². The number of hydrogen-bond donors (Lipinski definition) is 2. The second-order valence-corrected chi connectivity index (χ2v) is 6.71. The Kier molecular flexibility index (Phi) is 4.52. The van der Waals surface area contributed by atoms with E-state index in [1.165, 1.54) is 6.20 Å². The van der Waals surface area contributed by atoms with E-state index in [1.54, 1.807) is 12.1 Å². The minimum Gasteiger partial charge on any atom is -0.472 e. The molecule has 1 aliphatic carbocycles. The van der Waals surface area contributed by atoms with Gasteiger partial charge >= 0.3 is 0 Å². The minimum atomic E-state index is -0.738. The third kappa shape index (κ3) is 4.70. The predicted octanol–water partition coefficient (Wildman–Crippen LogP) is 2.29. The molecule has 1 fully saturated rings. The zero-order chi connectivity index (χ0) is 15.5. The smallest absolute Gasteiger partial charge is 0.252 e. The average molecular weight is 292 g/mol. The number of hydrogen-bond acceptors (Lipinski definition) is 4. The van der Waals surface area contributed by atoms with Crippen LogP contribution in [0.3, 0.4) is 0 Å². The Morgan fingerprint density at radius 3 is 2.57 bits per heavy atom. The van der Waals surface area contributed by atoms with Crippen LogP contribution in [0, 0.1) is 0 Å². The van der Waals surface area contributed by atoms with E-state index < -0.39 is 5.60 Å². The number of nitrogens with zero attached hydrogens (tertiary/aromatic N) is 1. The lowest BCUT2D eigenvalue weighted by Crippen LogP contribution is -2.40. The molecule has 1 saturated carbocycles. The fourth-order valence-corrected chi connectivity index (χ4v) is 2.45. The van der Waals surface area contributed by atoms with Gasteiger partial charge in [-0.3, -0.25) is 4.79 Å². The van der Waals surface area contributed by atoms with Crippen molar-refractivity contribution in [2.75, 3.05) is 6.54 Å². The van der Waals surface area contributed by atoms with Crippen molar-refractivity contribution in [3.8, 4) is 5.88 Å². The largest absolute Gasteiger partial charge is 0.472 e. The van der Waals surface area contributed by atoms with E-state index in [1.807, 2.05) is 20.8 Å². The first-order valence-electron chi connectivity index (χ1n) is 7.43. The summed E-state index contributed by atoms with van der Waals surface area (Å²) in [5, 5.41) is 13.0. The number of pyridine rings is 1. The van der Waals surface area contributed by atoms with Gasteiger partial charge in [-0.1, -0.05) is 12.8 Å². The van der Waals surface area contributed by atoms with Gasteiger partial charge < -0.3 is 15.2 Å². The second kappa shape index (κ2) is 6.02. The van der Waals surface area contributed by atoms with E-state index >= 15 is 0 Å². The minimum absolute atomic E-state index is 0.217. The Morgan fingerprint density at radius 2 is 2.05 bits per heavy atom. The van der Waals surface area contributed by atoms with Gasteiger partial charge in [-0.15, -0.1) is 0 Å². The third-order valence-corrected chi connectivity index (χ3v) is 3.52. The van der Waals surface area contributed by atoms with Crippen molar-refractivity contribution in [3.05, 3.63) is 23.9 Å². The summed E-state index contributed by atoms with van der Waals surface area (Å²) in [6.07, 6.45) is 5.04. The number of carbonyl (C=O) groups excluding carboxylic acids is 1. The molecule has 1 amide bonds. The standard InChI is InChI=1S/C16H24N2O3/c1-15(2,3)21-13-7-6-12(10-17-13)14(19)18-11-16(20)8-4-5-9-16/h6-7,10,20H,4-5,8-9,11H2,1-3H3,(H,18,19). The first-order chi connectivity index (χ1) is 9.77. The van der Waals surface area contributed by atoms with Gasteiger partial charge in [0.15, 0.2) is 0 Å². The molecule has 2 N–H and O–H groups in total.